The number of carbonyl (C=O) groups is 1. The number of para-hydroxylation sites is 1. The van der Waals surface area contributed by atoms with Gasteiger partial charge in [0, 0.05) is 48.2 Å². The minimum atomic E-state index is -4.38. The van der Waals surface area contributed by atoms with Crippen molar-refractivity contribution in [3.63, 3.8) is 0 Å². The van der Waals surface area contributed by atoms with E-state index in [0.29, 0.717) is 37.4 Å². The number of halogens is 3. The van der Waals surface area contributed by atoms with Crippen LogP contribution < -0.4 is 4.90 Å². The van der Waals surface area contributed by atoms with Gasteiger partial charge in [0.05, 0.1) is 22.3 Å². The monoisotopic (exact) mass is 467 g/mol. The average Bonchev–Trinajstić information content (AvgIpc) is 3.38. The molecule has 0 aliphatic carbocycles. The predicted octanol–water partition coefficient (Wildman–Crippen LogP) is 5.94. The third-order valence-corrected chi connectivity index (χ3v) is 6.55. The lowest BCUT2D eigenvalue weighted by molar-refractivity contribution is -0.137. The maximum Gasteiger partial charge on any atom is 0.416 e. The van der Waals surface area contributed by atoms with Crippen molar-refractivity contribution in [3.05, 3.63) is 82.6 Å². The second kappa shape index (κ2) is 8.51. The van der Waals surface area contributed by atoms with Gasteiger partial charge in [-0.15, -0.1) is 0 Å². The molecule has 3 heterocycles. The van der Waals surface area contributed by atoms with Gasteiger partial charge in [-0.2, -0.15) is 24.5 Å². The van der Waals surface area contributed by atoms with E-state index in [-0.39, 0.29) is 5.91 Å². The van der Waals surface area contributed by atoms with E-state index < -0.39 is 11.7 Å². The smallest absolute Gasteiger partial charge is 0.368 e. The van der Waals surface area contributed by atoms with Crippen molar-refractivity contribution >= 4 is 33.8 Å². The number of piperazine rings is 1. The zero-order valence-corrected chi connectivity index (χ0v) is 18.4. The van der Waals surface area contributed by atoms with E-state index in [2.05, 4.69) is 0 Å². The second-order valence-corrected chi connectivity index (χ2v) is 8.69. The normalized spacial score (nSPS) is 14.6. The van der Waals surface area contributed by atoms with Crippen molar-refractivity contribution in [1.82, 2.24) is 9.88 Å². The summed E-state index contributed by atoms with van der Waals surface area (Å²) in [6.07, 6.45) is -4.38. The van der Waals surface area contributed by atoms with Gasteiger partial charge < -0.3 is 9.80 Å². The van der Waals surface area contributed by atoms with E-state index >= 15 is 0 Å². The van der Waals surface area contributed by atoms with Crippen LogP contribution in [0.2, 0.25) is 0 Å². The minimum Gasteiger partial charge on any atom is -0.368 e. The number of fused-ring (bicyclic) bond motifs is 1. The number of rotatable bonds is 3. The number of hydrogen-bond acceptors (Lipinski definition) is 4. The Hall–Kier alpha value is -3.39. The van der Waals surface area contributed by atoms with Crippen molar-refractivity contribution < 1.29 is 18.0 Å². The van der Waals surface area contributed by atoms with Crippen LogP contribution in [0.5, 0.6) is 0 Å². The van der Waals surface area contributed by atoms with Crippen molar-refractivity contribution in [1.29, 1.82) is 0 Å². The van der Waals surface area contributed by atoms with Gasteiger partial charge in [-0.1, -0.05) is 24.3 Å². The molecule has 1 amide bonds. The fourth-order valence-electron chi connectivity index (χ4n) is 4.13. The fourth-order valence-corrected chi connectivity index (χ4v) is 4.78. The lowest BCUT2D eigenvalue weighted by Gasteiger charge is -2.36. The lowest BCUT2D eigenvalue weighted by Crippen LogP contribution is -2.48. The van der Waals surface area contributed by atoms with Gasteiger partial charge in [-0.25, -0.2) is 4.98 Å². The third kappa shape index (κ3) is 4.30. The number of pyridine rings is 1. The van der Waals surface area contributed by atoms with Crippen LogP contribution >= 0.6 is 11.3 Å². The number of aromatic nitrogens is 1. The fraction of sp³-hybridized carbons (Fsp3) is 0.200. The van der Waals surface area contributed by atoms with Crippen LogP contribution in [-0.4, -0.2) is 42.0 Å². The molecular weight excluding hydrogens is 447 g/mol. The van der Waals surface area contributed by atoms with E-state index in [1.807, 2.05) is 52.1 Å². The molecule has 2 aromatic heterocycles. The Morgan fingerprint density at radius 2 is 1.73 bits per heavy atom. The summed E-state index contributed by atoms with van der Waals surface area (Å²) in [7, 11) is 0. The van der Waals surface area contributed by atoms with Gasteiger partial charge >= 0.3 is 6.18 Å². The molecule has 0 bridgehead atoms. The standard InChI is InChI=1S/C25H20F3N3OS/c26-25(27,28)18-4-3-5-19(14-18)30-9-11-31(12-10-30)24(32)21-15-23(17-8-13-33-16-17)29-22-7-2-1-6-20(21)22/h1-8,13-16H,9-12H2. The molecule has 5 rings (SSSR count). The highest BCUT2D eigenvalue weighted by Gasteiger charge is 2.31. The molecule has 0 radical (unpaired) electrons. The molecular formula is C25H20F3N3OS. The topological polar surface area (TPSA) is 36.4 Å². The molecule has 0 saturated carbocycles. The van der Waals surface area contributed by atoms with Crippen LogP contribution in [-0.2, 0) is 6.18 Å². The van der Waals surface area contributed by atoms with Gasteiger partial charge in [0.2, 0.25) is 0 Å². The Labute approximate surface area is 192 Å². The Morgan fingerprint density at radius 3 is 2.45 bits per heavy atom. The molecule has 0 atom stereocenters. The van der Waals surface area contributed by atoms with Crippen molar-refractivity contribution in [3.8, 4) is 11.3 Å². The summed E-state index contributed by atoms with van der Waals surface area (Å²) in [5, 5.41) is 4.77. The Balaban J connectivity index is 1.39. The van der Waals surface area contributed by atoms with Crippen LogP contribution in [0.1, 0.15) is 15.9 Å². The van der Waals surface area contributed by atoms with E-state index in [1.54, 1.807) is 22.3 Å². The zero-order valence-electron chi connectivity index (χ0n) is 17.5. The summed E-state index contributed by atoms with van der Waals surface area (Å²) in [5.74, 6) is -0.0891. The molecule has 33 heavy (non-hydrogen) atoms. The van der Waals surface area contributed by atoms with Crippen molar-refractivity contribution in [2.75, 3.05) is 31.1 Å². The predicted molar refractivity (Wildman–Crippen MR) is 125 cm³/mol. The van der Waals surface area contributed by atoms with Crippen molar-refractivity contribution in [2.45, 2.75) is 6.18 Å². The van der Waals surface area contributed by atoms with E-state index in [4.69, 9.17) is 4.98 Å². The Bertz CT molecular complexity index is 1300. The van der Waals surface area contributed by atoms with Gasteiger partial charge in [0.15, 0.2) is 0 Å². The number of alkyl halides is 3. The molecule has 0 spiro atoms. The summed E-state index contributed by atoms with van der Waals surface area (Å²) in [6.45, 7) is 1.79. The van der Waals surface area contributed by atoms with Gasteiger partial charge in [0.1, 0.15) is 0 Å². The highest BCUT2D eigenvalue weighted by Crippen LogP contribution is 2.32. The largest absolute Gasteiger partial charge is 0.416 e. The van der Waals surface area contributed by atoms with Crippen molar-refractivity contribution in [2.24, 2.45) is 0 Å². The first-order chi connectivity index (χ1) is 15.9. The number of amides is 1. The highest BCUT2D eigenvalue weighted by molar-refractivity contribution is 7.08. The molecule has 1 saturated heterocycles. The molecule has 4 nitrogen and oxygen atoms in total. The molecule has 1 aliphatic heterocycles. The summed E-state index contributed by atoms with van der Waals surface area (Å²) in [4.78, 5) is 21.9. The maximum atomic E-state index is 13.5. The zero-order chi connectivity index (χ0) is 23.0. The number of benzene rings is 2. The summed E-state index contributed by atoms with van der Waals surface area (Å²) in [5.41, 5.74) is 2.92. The highest BCUT2D eigenvalue weighted by atomic mass is 32.1. The Morgan fingerprint density at radius 1 is 0.939 bits per heavy atom. The quantitative estimate of drug-likeness (QED) is 0.374. The molecule has 1 fully saturated rings. The first-order valence-corrected chi connectivity index (χ1v) is 11.5. The number of nitrogens with zero attached hydrogens (tertiary/aromatic N) is 3. The molecule has 0 unspecified atom stereocenters. The average molecular weight is 468 g/mol. The van der Waals surface area contributed by atoms with Crippen LogP contribution in [0.4, 0.5) is 18.9 Å². The number of thiophene rings is 1. The van der Waals surface area contributed by atoms with Gasteiger partial charge in [0.25, 0.3) is 5.91 Å². The molecule has 168 valence electrons. The third-order valence-electron chi connectivity index (χ3n) is 5.87. The van der Waals surface area contributed by atoms with Crippen LogP contribution in [0.25, 0.3) is 22.2 Å². The summed E-state index contributed by atoms with van der Waals surface area (Å²) in [6, 6.07) is 16.7. The first kappa shape index (κ1) is 21.5. The minimum absolute atomic E-state index is 0.0891. The SMILES string of the molecule is O=C(c1cc(-c2ccsc2)nc2ccccc12)N1CCN(c2cccc(C(F)(F)F)c2)CC1. The summed E-state index contributed by atoms with van der Waals surface area (Å²) >= 11 is 1.57. The molecule has 2 aromatic carbocycles. The van der Waals surface area contributed by atoms with Crippen LogP contribution in [0, 0.1) is 0 Å². The number of anilines is 1. The number of carbonyl (C=O) groups excluding carboxylic acids is 1. The molecule has 1 aliphatic rings. The maximum absolute atomic E-state index is 13.5. The van der Waals surface area contributed by atoms with Gasteiger partial charge in [-0.05, 0) is 41.8 Å². The van der Waals surface area contributed by atoms with Crippen LogP contribution in [0.15, 0.2) is 71.4 Å². The number of hydrogen-bond donors (Lipinski definition) is 0. The summed E-state index contributed by atoms with van der Waals surface area (Å²) < 4.78 is 39.2. The molecule has 4 aromatic rings. The lowest BCUT2D eigenvalue weighted by atomic mass is 10.0. The van der Waals surface area contributed by atoms with Crippen LogP contribution in [0.3, 0.4) is 0 Å². The first-order valence-electron chi connectivity index (χ1n) is 10.5. The second-order valence-electron chi connectivity index (χ2n) is 7.91. The molecule has 8 heteroatoms. The van der Waals surface area contributed by atoms with E-state index in [1.165, 1.54) is 12.1 Å². The van der Waals surface area contributed by atoms with E-state index in [0.717, 1.165) is 28.2 Å². The Kier molecular flexibility index (Phi) is 5.54. The molecule has 0 N–H and O–H groups in total. The van der Waals surface area contributed by atoms with Gasteiger partial charge in [-0.3, -0.25) is 4.79 Å². The van der Waals surface area contributed by atoms with E-state index in [9.17, 15) is 18.0 Å².